The lowest BCUT2D eigenvalue weighted by atomic mass is 9.94. The topological polar surface area (TPSA) is 70.2 Å². The predicted octanol–water partition coefficient (Wildman–Crippen LogP) is 3.22. The smallest absolute Gasteiger partial charge is 0.243 e. The first kappa shape index (κ1) is 22.0. The van der Waals surface area contributed by atoms with E-state index in [4.69, 9.17) is 0 Å². The van der Waals surface area contributed by atoms with E-state index in [1.807, 2.05) is 24.3 Å². The summed E-state index contributed by atoms with van der Waals surface area (Å²) in [6.45, 7) is 1.70. The van der Waals surface area contributed by atoms with Gasteiger partial charge in [-0.05, 0) is 67.6 Å². The van der Waals surface area contributed by atoms with Crippen LogP contribution in [0.25, 0.3) is 0 Å². The van der Waals surface area contributed by atoms with Crippen molar-refractivity contribution in [2.75, 3.05) is 13.1 Å². The van der Waals surface area contributed by atoms with Crippen molar-refractivity contribution in [3.63, 3.8) is 0 Å². The molecule has 2 aliphatic rings. The van der Waals surface area contributed by atoms with E-state index in [0.717, 1.165) is 41.5 Å². The third-order valence-electron chi connectivity index (χ3n) is 6.20. The molecule has 0 unspecified atom stereocenters. The highest BCUT2D eigenvalue weighted by Crippen LogP contribution is 2.48. The zero-order chi connectivity index (χ0) is 21.8. The van der Waals surface area contributed by atoms with Crippen LogP contribution in [-0.4, -0.2) is 37.0 Å². The standard InChI is InChI=1S/C24H27BrFN3O2/c25-18-7-3-16(4-8-18)14-21(22(30)28-20-2-1-13-27-15-20)29-23(31)24(11-12-24)17-5-9-19(26)10-6-17/h3-10,20-21,27H,1-2,11-15H2,(H,28,30)(H,29,31)/t20-,21+/m1/s1. The molecule has 31 heavy (non-hydrogen) atoms. The maximum Gasteiger partial charge on any atom is 0.243 e. The summed E-state index contributed by atoms with van der Waals surface area (Å²) in [4.78, 5) is 26.4. The number of piperidine rings is 1. The van der Waals surface area contributed by atoms with Gasteiger partial charge in [-0.2, -0.15) is 0 Å². The Morgan fingerprint density at radius 3 is 2.45 bits per heavy atom. The quantitative estimate of drug-likeness (QED) is 0.561. The fraction of sp³-hybridized carbons (Fsp3) is 0.417. The summed E-state index contributed by atoms with van der Waals surface area (Å²) in [5, 5.41) is 9.41. The fourth-order valence-corrected chi connectivity index (χ4v) is 4.44. The second kappa shape index (κ2) is 9.49. The first-order chi connectivity index (χ1) is 15.0. The van der Waals surface area contributed by atoms with E-state index >= 15 is 0 Å². The minimum absolute atomic E-state index is 0.0672. The summed E-state index contributed by atoms with van der Waals surface area (Å²) in [7, 11) is 0. The van der Waals surface area contributed by atoms with Crippen molar-refractivity contribution in [1.82, 2.24) is 16.0 Å². The van der Waals surface area contributed by atoms with E-state index in [1.165, 1.54) is 12.1 Å². The van der Waals surface area contributed by atoms with Gasteiger partial charge in [0.25, 0.3) is 0 Å². The van der Waals surface area contributed by atoms with Crippen LogP contribution in [0.3, 0.4) is 0 Å². The lowest BCUT2D eigenvalue weighted by molar-refractivity contribution is -0.130. The van der Waals surface area contributed by atoms with Crippen molar-refractivity contribution in [3.8, 4) is 0 Å². The van der Waals surface area contributed by atoms with Crippen LogP contribution in [0.15, 0.2) is 53.0 Å². The molecule has 1 aliphatic heterocycles. The van der Waals surface area contributed by atoms with Gasteiger partial charge in [0.2, 0.25) is 11.8 Å². The van der Waals surface area contributed by atoms with E-state index in [1.54, 1.807) is 12.1 Å². The normalized spacial score (nSPS) is 20.5. The fourth-order valence-electron chi connectivity index (χ4n) is 4.18. The van der Waals surface area contributed by atoms with Gasteiger partial charge in [0.05, 0.1) is 5.41 Å². The Kier molecular flexibility index (Phi) is 6.72. The van der Waals surface area contributed by atoms with Gasteiger partial charge in [-0.3, -0.25) is 9.59 Å². The number of rotatable bonds is 7. The average Bonchev–Trinajstić information content (AvgIpc) is 3.58. The molecule has 4 rings (SSSR count). The highest BCUT2D eigenvalue weighted by molar-refractivity contribution is 9.10. The monoisotopic (exact) mass is 487 g/mol. The molecule has 2 atom stereocenters. The van der Waals surface area contributed by atoms with Crippen molar-refractivity contribution in [2.24, 2.45) is 0 Å². The van der Waals surface area contributed by atoms with E-state index in [-0.39, 0.29) is 23.7 Å². The van der Waals surface area contributed by atoms with E-state index in [9.17, 15) is 14.0 Å². The van der Waals surface area contributed by atoms with Crippen molar-refractivity contribution in [3.05, 3.63) is 69.9 Å². The maximum atomic E-state index is 13.3. The molecule has 0 aromatic heterocycles. The Hall–Kier alpha value is -2.25. The number of carbonyl (C=O) groups excluding carboxylic acids is 2. The first-order valence-electron chi connectivity index (χ1n) is 10.8. The van der Waals surface area contributed by atoms with Gasteiger partial charge in [0, 0.05) is 23.5 Å². The number of nitrogens with one attached hydrogen (secondary N) is 3. The largest absolute Gasteiger partial charge is 0.350 e. The number of benzene rings is 2. The molecule has 2 amide bonds. The summed E-state index contributed by atoms with van der Waals surface area (Å²) >= 11 is 3.43. The molecule has 0 radical (unpaired) electrons. The van der Waals surface area contributed by atoms with E-state index in [0.29, 0.717) is 19.3 Å². The lowest BCUT2D eigenvalue weighted by Crippen LogP contribution is -2.55. The molecule has 1 heterocycles. The molecule has 1 saturated heterocycles. The molecule has 1 aliphatic carbocycles. The van der Waals surface area contributed by atoms with Crippen molar-refractivity contribution < 1.29 is 14.0 Å². The first-order valence-corrected chi connectivity index (χ1v) is 11.6. The summed E-state index contributed by atoms with van der Waals surface area (Å²) in [6.07, 6.45) is 3.75. The van der Waals surface area contributed by atoms with Crippen LogP contribution in [0.1, 0.15) is 36.8 Å². The van der Waals surface area contributed by atoms with Crippen LogP contribution >= 0.6 is 15.9 Å². The van der Waals surface area contributed by atoms with Crippen LogP contribution in [0.4, 0.5) is 4.39 Å². The van der Waals surface area contributed by atoms with Crippen LogP contribution in [-0.2, 0) is 21.4 Å². The molecule has 3 N–H and O–H groups in total. The second-order valence-corrected chi connectivity index (χ2v) is 9.41. The summed E-state index contributed by atoms with van der Waals surface area (Å²) in [5.41, 5.74) is 1.10. The van der Waals surface area contributed by atoms with Crippen LogP contribution in [0.5, 0.6) is 0 Å². The Labute approximate surface area is 190 Å². The number of hydrogen-bond acceptors (Lipinski definition) is 3. The summed E-state index contributed by atoms with van der Waals surface area (Å²) < 4.78 is 14.3. The third kappa shape index (κ3) is 5.33. The summed E-state index contributed by atoms with van der Waals surface area (Å²) in [5.74, 6) is -0.661. The number of carbonyl (C=O) groups is 2. The minimum Gasteiger partial charge on any atom is -0.350 e. The van der Waals surface area contributed by atoms with E-state index < -0.39 is 11.5 Å². The van der Waals surface area contributed by atoms with Crippen LogP contribution in [0.2, 0.25) is 0 Å². The molecule has 0 bridgehead atoms. The van der Waals surface area contributed by atoms with Gasteiger partial charge < -0.3 is 16.0 Å². The van der Waals surface area contributed by atoms with Gasteiger partial charge in [-0.15, -0.1) is 0 Å². The maximum absolute atomic E-state index is 13.3. The van der Waals surface area contributed by atoms with Gasteiger partial charge in [0.15, 0.2) is 0 Å². The molecule has 0 spiro atoms. The second-order valence-electron chi connectivity index (χ2n) is 8.50. The van der Waals surface area contributed by atoms with Crippen molar-refractivity contribution in [1.29, 1.82) is 0 Å². The van der Waals surface area contributed by atoms with Crippen LogP contribution < -0.4 is 16.0 Å². The van der Waals surface area contributed by atoms with Crippen molar-refractivity contribution >= 4 is 27.7 Å². The Balaban J connectivity index is 1.50. The molecule has 2 fully saturated rings. The molecular weight excluding hydrogens is 461 g/mol. The zero-order valence-corrected chi connectivity index (χ0v) is 18.9. The molecule has 5 nitrogen and oxygen atoms in total. The third-order valence-corrected chi connectivity index (χ3v) is 6.73. The Bertz CT molecular complexity index is 923. The molecule has 1 saturated carbocycles. The Morgan fingerprint density at radius 1 is 1.13 bits per heavy atom. The zero-order valence-electron chi connectivity index (χ0n) is 17.3. The lowest BCUT2D eigenvalue weighted by Gasteiger charge is -2.28. The van der Waals surface area contributed by atoms with Gasteiger partial charge in [0.1, 0.15) is 11.9 Å². The number of amides is 2. The summed E-state index contributed by atoms with van der Waals surface area (Å²) in [6, 6.07) is 13.2. The molecular formula is C24H27BrFN3O2. The van der Waals surface area contributed by atoms with Gasteiger partial charge in [-0.1, -0.05) is 40.2 Å². The molecule has 164 valence electrons. The minimum atomic E-state index is -0.673. The number of hydrogen-bond donors (Lipinski definition) is 3. The predicted molar refractivity (Wildman–Crippen MR) is 121 cm³/mol. The van der Waals surface area contributed by atoms with Crippen LogP contribution in [0, 0.1) is 5.82 Å². The SMILES string of the molecule is O=C(N[C@@H]1CCCNC1)[C@H](Cc1ccc(Br)cc1)NC(=O)C1(c2ccc(F)cc2)CC1. The van der Waals surface area contributed by atoms with Gasteiger partial charge >= 0.3 is 0 Å². The highest BCUT2D eigenvalue weighted by atomic mass is 79.9. The Morgan fingerprint density at radius 2 is 1.84 bits per heavy atom. The van der Waals surface area contributed by atoms with Gasteiger partial charge in [-0.25, -0.2) is 4.39 Å². The number of halogens is 2. The van der Waals surface area contributed by atoms with E-state index in [2.05, 4.69) is 31.9 Å². The highest BCUT2D eigenvalue weighted by Gasteiger charge is 2.52. The average molecular weight is 488 g/mol. The molecule has 2 aromatic rings. The molecule has 7 heteroatoms. The molecule has 2 aromatic carbocycles. The van der Waals surface area contributed by atoms with Crippen molar-refractivity contribution in [2.45, 2.75) is 49.6 Å².